The minimum Gasteiger partial charge on any atom is -0.481 e. The summed E-state index contributed by atoms with van der Waals surface area (Å²) in [5, 5.41) is 12.0. The van der Waals surface area contributed by atoms with Crippen LogP contribution in [0.1, 0.15) is 75.0 Å². The van der Waals surface area contributed by atoms with Crippen LogP contribution in [-0.4, -0.2) is 57.1 Å². The number of alkyl carbamates (subject to hydrolysis) is 1. The van der Waals surface area contributed by atoms with Crippen LogP contribution in [0.25, 0.3) is 17.0 Å². The molecular formula is C39H46N4O5. The highest BCUT2D eigenvalue weighted by Crippen LogP contribution is 2.41. The highest BCUT2D eigenvalue weighted by atomic mass is 16.5. The number of carboxylic acid groups (broad SMARTS) is 1. The predicted molar refractivity (Wildman–Crippen MR) is 183 cm³/mol. The summed E-state index contributed by atoms with van der Waals surface area (Å²) in [5.41, 5.74) is 4.95. The van der Waals surface area contributed by atoms with Crippen molar-refractivity contribution in [1.82, 2.24) is 20.2 Å². The Morgan fingerprint density at radius 1 is 0.896 bits per heavy atom. The van der Waals surface area contributed by atoms with Crippen molar-refractivity contribution in [3.05, 3.63) is 89.8 Å². The molecule has 0 radical (unpaired) electrons. The van der Waals surface area contributed by atoms with Crippen molar-refractivity contribution in [2.24, 2.45) is 23.7 Å². The molecule has 0 bridgehead atoms. The van der Waals surface area contributed by atoms with Crippen LogP contribution in [0.15, 0.2) is 73.1 Å². The van der Waals surface area contributed by atoms with Crippen LogP contribution >= 0.6 is 0 Å². The molecule has 9 heteroatoms. The molecule has 252 valence electrons. The molecule has 1 saturated heterocycles. The number of aliphatic carboxylic acids is 1. The molecule has 48 heavy (non-hydrogen) atoms. The van der Waals surface area contributed by atoms with Gasteiger partial charge in [0.1, 0.15) is 12.6 Å². The van der Waals surface area contributed by atoms with Gasteiger partial charge in [0.25, 0.3) is 0 Å². The summed E-state index contributed by atoms with van der Waals surface area (Å²) in [4.78, 5) is 48.1. The van der Waals surface area contributed by atoms with Gasteiger partial charge in [0.15, 0.2) is 5.82 Å². The zero-order chi connectivity index (χ0) is 33.5. The van der Waals surface area contributed by atoms with Crippen LogP contribution in [0.4, 0.5) is 4.79 Å². The smallest absolute Gasteiger partial charge is 0.408 e. The maximum Gasteiger partial charge on any atom is 0.408 e. The molecule has 2 aromatic carbocycles. The van der Waals surface area contributed by atoms with E-state index < -0.39 is 24.0 Å². The second-order valence-electron chi connectivity index (χ2n) is 13.7. The maximum atomic E-state index is 13.3. The van der Waals surface area contributed by atoms with Crippen molar-refractivity contribution in [3.63, 3.8) is 0 Å². The lowest BCUT2D eigenvalue weighted by atomic mass is 9.71. The highest BCUT2D eigenvalue weighted by Gasteiger charge is 2.39. The lowest BCUT2D eigenvalue weighted by Crippen LogP contribution is -2.59. The molecule has 1 unspecified atom stereocenters. The fourth-order valence-corrected chi connectivity index (χ4v) is 7.42. The zero-order valence-electron chi connectivity index (χ0n) is 27.7. The van der Waals surface area contributed by atoms with Crippen molar-refractivity contribution in [2.75, 3.05) is 13.1 Å². The molecule has 6 rings (SSSR count). The van der Waals surface area contributed by atoms with Crippen LogP contribution in [-0.2, 0) is 27.4 Å². The number of nitrogens with zero attached hydrogens (tertiary/aromatic N) is 3. The molecule has 2 amide bonds. The zero-order valence-corrected chi connectivity index (χ0v) is 27.7. The summed E-state index contributed by atoms with van der Waals surface area (Å²) in [5.74, 6) is 1.40. The average molecular weight is 651 g/mol. The molecule has 2 atom stereocenters. The van der Waals surface area contributed by atoms with Gasteiger partial charge in [-0.2, -0.15) is 0 Å². The number of aromatic nitrogens is 2. The largest absolute Gasteiger partial charge is 0.481 e. The van der Waals surface area contributed by atoms with Crippen molar-refractivity contribution < 1.29 is 24.2 Å². The third-order valence-corrected chi connectivity index (χ3v) is 10.6. The van der Waals surface area contributed by atoms with Crippen molar-refractivity contribution >= 4 is 23.5 Å². The van der Waals surface area contributed by atoms with E-state index in [-0.39, 0.29) is 32.0 Å². The van der Waals surface area contributed by atoms with E-state index in [1.165, 1.54) is 49.0 Å². The monoisotopic (exact) mass is 650 g/mol. The molecule has 3 aliphatic rings. The first-order valence-corrected chi connectivity index (χ1v) is 17.5. The van der Waals surface area contributed by atoms with Gasteiger partial charge >= 0.3 is 12.1 Å². The van der Waals surface area contributed by atoms with Gasteiger partial charge in [-0.1, -0.05) is 86.9 Å². The molecule has 1 saturated carbocycles. The summed E-state index contributed by atoms with van der Waals surface area (Å²) in [7, 11) is 0. The van der Waals surface area contributed by atoms with Crippen LogP contribution < -0.4 is 5.32 Å². The van der Waals surface area contributed by atoms with E-state index >= 15 is 0 Å². The fourth-order valence-electron chi connectivity index (χ4n) is 7.42. The number of nitrogens with one attached hydrogen (secondary N) is 1. The number of rotatable bonds is 11. The van der Waals surface area contributed by atoms with E-state index in [1.807, 2.05) is 67.0 Å². The first-order valence-electron chi connectivity index (χ1n) is 17.5. The molecule has 3 aromatic rings. The van der Waals surface area contributed by atoms with E-state index in [0.29, 0.717) is 5.82 Å². The molecule has 2 heterocycles. The average Bonchev–Trinajstić information content (AvgIpc) is 3.10. The summed E-state index contributed by atoms with van der Waals surface area (Å²) < 4.78 is 5.37. The Kier molecular flexibility index (Phi) is 10.8. The quantitative estimate of drug-likeness (QED) is 0.231. The van der Waals surface area contributed by atoms with E-state index in [1.54, 1.807) is 0 Å². The summed E-state index contributed by atoms with van der Waals surface area (Å²) in [6, 6.07) is 16.0. The van der Waals surface area contributed by atoms with Gasteiger partial charge in [-0.15, -0.1) is 0 Å². The second-order valence-corrected chi connectivity index (χ2v) is 13.7. The van der Waals surface area contributed by atoms with Crippen LogP contribution in [0.2, 0.25) is 0 Å². The third-order valence-electron chi connectivity index (χ3n) is 10.6. The number of benzene rings is 2. The van der Waals surface area contributed by atoms with E-state index in [4.69, 9.17) is 4.74 Å². The molecule has 0 spiro atoms. The number of carboxylic acids is 1. The van der Waals surface area contributed by atoms with Gasteiger partial charge in [0.2, 0.25) is 5.91 Å². The first-order chi connectivity index (χ1) is 23.4. The normalized spacial score (nSPS) is 21.8. The Balaban J connectivity index is 1.06. The predicted octanol–water partition coefficient (Wildman–Crippen LogP) is 6.92. The topological polar surface area (TPSA) is 122 Å². The van der Waals surface area contributed by atoms with Crippen molar-refractivity contribution in [2.45, 2.75) is 77.4 Å². The van der Waals surface area contributed by atoms with E-state index in [9.17, 15) is 19.5 Å². The Morgan fingerprint density at radius 2 is 1.60 bits per heavy atom. The van der Waals surface area contributed by atoms with Gasteiger partial charge in [-0.25, -0.2) is 14.8 Å². The molecule has 2 N–H and O–H groups in total. The number of allylic oxidation sites excluding steroid dienone is 2. The first kappa shape index (κ1) is 33.4. The Bertz CT molecular complexity index is 1580. The van der Waals surface area contributed by atoms with Crippen LogP contribution in [0, 0.1) is 23.7 Å². The lowest BCUT2D eigenvalue weighted by molar-refractivity contribution is -0.153. The molecule has 2 aliphatic carbocycles. The number of hydrogen-bond donors (Lipinski definition) is 2. The number of ether oxygens (including phenoxy) is 1. The van der Waals surface area contributed by atoms with E-state index in [0.717, 1.165) is 52.8 Å². The summed E-state index contributed by atoms with van der Waals surface area (Å²) in [6.45, 7) is 2.64. The van der Waals surface area contributed by atoms with Gasteiger partial charge in [-0.05, 0) is 66.6 Å². The van der Waals surface area contributed by atoms with Gasteiger partial charge in [0.05, 0.1) is 5.92 Å². The SMILES string of the molecule is CC[C@H]1CC[C@H](C2CC=C(c3cnc(-c4ccc(C[C@H](NC(=O)OCc5ccccc5)C(=O)N5CC(C(=O)O)C5)cc4)nc3)CC2)CC1. The van der Waals surface area contributed by atoms with Gasteiger partial charge in [-0.3, -0.25) is 9.59 Å². The van der Waals surface area contributed by atoms with E-state index in [2.05, 4.69) is 28.3 Å². The Hall–Kier alpha value is -4.53. The minimum absolute atomic E-state index is 0.0730. The molecular weight excluding hydrogens is 604 g/mol. The van der Waals surface area contributed by atoms with Crippen LogP contribution in [0.5, 0.6) is 0 Å². The molecule has 1 aliphatic heterocycles. The molecule has 2 fully saturated rings. The highest BCUT2D eigenvalue weighted by molar-refractivity contribution is 5.88. The number of carbonyl (C=O) groups excluding carboxylic acids is 2. The Labute approximate surface area is 282 Å². The van der Waals surface area contributed by atoms with Gasteiger partial charge in [0, 0.05) is 43.0 Å². The number of hydrogen-bond acceptors (Lipinski definition) is 6. The number of amides is 2. The van der Waals surface area contributed by atoms with Crippen molar-refractivity contribution in [3.8, 4) is 11.4 Å². The van der Waals surface area contributed by atoms with Crippen LogP contribution in [0.3, 0.4) is 0 Å². The summed E-state index contributed by atoms with van der Waals surface area (Å²) in [6.07, 6.45) is 16.2. The summed E-state index contributed by atoms with van der Waals surface area (Å²) >= 11 is 0. The lowest BCUT2D eigenvalue weighted by Gasteiger charge is -2.38. The Morgan fingerprint density at radius 3 is 2.23 bits per heavy atom. The standard InChI is InChI=1S/C39H46N4O5/c1-2-26-8-12-29(13-9-26)30-16-18-31(19-17-30)33-21-40-36(41-22-33)32-14-10-27(11-15-32)20-35(37(44)43-23-34(24-43)38(45)46)42-39(47)48-25-28-6-4-3-5-7-28/h3-7,10-11,14-15,18,21-22,26,29-30,34-35H,2,8-9,12-13,16-17,19-20,23-25H2,1H3,(H,42,47)(H,45,46)/t26-,29-,30?,35-/m0/s1. The second kappa shape index (κ2) is 15.6. The maximum absolute atomic E-state index is 13.3. The number of carbonyl (C=O) groups is 3. The number of likely N-dealkylation sites (tertiary alicyclic amines) is 1. The molecule has 9 nitrogen and oxygen atoms in total. The minimum atomic E-state index is -0.930. The fraction of sp³-hybridized carbons (Fsp3) is 0.462. The molecule has 1 aromatic heterocycles. The van der Waals surface area contributed by atoms with Crippen molar-refractivity contribution in [1.29, 1.82) is 0 Å². The third kappa shape index (κ3) is 8.30. The van der Waals surface area contributed by atoms with Gasteiger partial charge < -0.3 is 20.1 Å².